The number of hydrazine groups is 1. The van der Waals surface area contributed by atoms with Gasteiger partial charge in [0.25, 0.3) is 0 Å². The van der Waals surface area contributed by atoms with Crippen molar-refractivity contribution in [2.75, 3.05) is 5.32 Å². The summed E-state index contributed by atoms with van der Waals surface area (Å²) in [7, 11) is 0. The minimum absolute atomic E-state index is 0.552. The summed E-state index contributed by atoms with van der Waals surface area (Å²) in [5.41, 5.74) is 6.02. The van der Waals surface area contributed by atoms with Crippen LogP contribution in [0.2, 0.25) is 0 Å². The largest absolute Gasteiger partial charge is 0.325 e. The zero-order chi connectivity index (χ0) is 14.2. The van der Waals surface area contributed by atoms with E-state index in [-0.39, 0.29) is 0 Å². The average Bonchev–Trinajstić information content (AvgIpc) is 2.53. The summed E-state index contributed by atoms with van der Waals surface area (Å²) in [5.74, 6) is 6.04. The molecular formula is C16H20N4. The fraction of sp³-hybridized carbons (Fsp3) is 0.188. The van der Waals surface area contributed by atoms with Gasteiger partial charge in [0.2, 0.25) is 5.96 Å². The predicted molar refractivity (Wildman–Crippen MR) is 84.3 cm³/mol. The van der Waals surface area contributed by atoms with Crippen LogP contribution in [0.4, 0.5) is 5.69 Å². The van der Waals surface area contributed by atoms with Gasteiger partial charge in [0.05, 0.1) is 6.54 Å². The molecule has 0 aromatic heterocycles. The second-order valence-corrected chi connectivity index (χ2v) is 4.47. The van der Waals surface area contributed by atoms with E-state index in [1.807, 2.05) is 30.3 Å². The molecule has 0 radical (unpaired) electrons. The van der Waals surface area contributed by atoms with E-state index in [9.17, 15) is 0 Å². The summed E-state index contributed by atoms with van der Waals surface area (Å²) in [4.78, 5) is 4.43. The van der Waals surface area contributed by atoms with E-state index in [2.05, 4.69) is 46.9 Å². The third-order valence-electron chi connectivity index (χ3n) is 3.02. The molecule has 0 heterocycles. The zero-order valence-electron chi connectivity index (χ0n) is 11.6. The Labute approximate surface area is 119 Å². The lowest BCUT2D eigenvalue weighted by Gasteiger charge is -2.09. The molecule has 4 heteroatoms. The number of hydrogen-bond acceptors (Lipinski definition) is 2. The highest BCUT2D eigenvalue weighted by Gasteiger charge is 1.98. The van der Waals surface area contributed by atoms with Gasteiger partial charge in [-0.2, -0.15) is 0 Å². The Morgan fingerprint density at radius 2 is 1.65 bits per heavy atom. The van der Waals surface area contributed by atoms with Crippen LogP contribution < -0.4 is 16.6 Å². The number of guanidine groups is 1. The lowest BCUT2D eigenvalue weighted by atomic mass is 10.1. The fourth-order valence-electron chi connectivity index (χ4n) is 1.83. The number of nitrogens with zero attached hydrogens (tertiary/aromatic N) is 1. The van der Waals surface area contributed by atoms with Crippen LogP contribution in [-0.4, -0.2) is 5.96 Å². The van der Waals surface area contributed by atoms with E-state index in [1.165, 1.54) is 5.56 Å². The first kappa shape index (κ1) is 14.1. The third kappa shape index (κ3) is 4.10. The van der Waals surface area contributed by atoms with Crippen LogP contribution in [0.1, 0.15) is 18.1 Å². The minimum atomic E-state index is 0.552. The van der Waals surface area contributed by atoms with E-state index in [4.69, 9.17) is 5.84 Å². The standard InChI is InChI=1S/C16H20N4/c1-2-13-8-10-14(11-9-13)12-18-16(20-17)19-15-6-4-3-5-7-15/h3-11H,2,12,17H2,1H3,(H2,18,19,20). The molecule has 104 valence electrons. The molecule has 0 bridgehead atoms. The maximum Gasteiger partial charge on any atom is 0.210 e. The van der Waals surface area contributed by atoms with Crippen molar-refractivity contribution >= 4 is 11.6 Å². The number of nitrogens with two attached hydrogens (primary N) is 1. The van der Waals surface area contributed by atoms with E-state index in [1.54, 1.807) is 0 Å². The van der Waals surface area contributed by atoms with Gasteiger partial charge in [-0.1, -0.05) is 49.4 Å². The van der Waals surface area contributed by atoms with Gasteiger partial charge in [0, 0.05) is 5.69 Å². The molecule has 0 aliphatic carbocycles. The molecular weight excluding hydrogens is 248 g/mol. The van der Waals surface area contributed by atoms with Gasteiger partial charge < -0.3 is 5.32 Å². The van der Waals surface area contributed by atoms with Crippen LogP contribution in [0.15, 0.2) is 59.6 Å². The molecule has 0 amide bonds. The molecule has 0 saturated carbocycles. The Bertz CT molecular complexity index is 546. The highest BCUT2D eigenvalue weighted by atomic mass is 15.3. The molecule has 0 fully saturated rings. The first-order valence-electron chi connectivity index (χ1n) is 6.72. The molecule has 20 heavy (non-hydrogen) atoms. The number of para-hydroxylation sites is 1. The van der Waals surface area contributed by atoms with Gasteiger partial charge in [-0.05, 0) is 29.7 Å². The Hall–Kier alpha value is -2.33. The quantitative estimate of drug-likeness (QED) is 0.346. The van der Waals surface area contributed by atoms with Crippen molar-refractivity contribution in [3.8, 4) is 0 Å². The summed E-state index contributed by atoms with van der Waals surface area (Å²) < 4.78 is 0. The highest BCUT2D eigenvalue weighted by molar-refractivity contribution is 5.93. The number of nitrogens with one attached hydrogen (secondary N) is 2. The van der Waals surface area contributed by atoms with Crippen LogP contribution in [0.25, 0.3) is 0 Å². The molecule has 4 N–H and O–H groups in total. The van der Waals surface area contributed by atoms with Crippen molar-refractivity contribution in [3.63, 3.8) is 0 Å². The van der Waals surface area contributed by atoms with Gasteiger partial charge >= 0.3 is 0 Å². The lowest BCUT2D eigenvalue weighted by molar-refractivity contribution is 0.967. The average molecular weight is 268 g/mol. The van der Waals surface area contributed by atoms with Crippen molar-refractivity contribution in [1.29, 1.82) is 0 Å². The van der Waals surface area contributed by atoms with Crippen molar-refractivity contribution in [3.05, 3.63) is 65.7 Å². The molecule has 0 unspecified atom stereocenters. The Morgan fingerprint density at radius 3 is 2.25 bits per heavy atom. The SMILES string of the molecule is CCc1ccc(CN=C(NN)Nc2ccccc2)cc1. The maximum atomic E-state index is 5.49. The highest BCUT2D eigenvalue weighted by Crippen LogP contribution is 2.07. The summed E-state index contributed by atoms with van der Waals surface area (Å²) >= 11 is 0. The summed E-state index contributed by atoms with van der Waals surface area (Å²) in [6.07, 6.45) is 1.05. The summed E-state index contributed by atoms with van der Waals surface area (Å²) in [5, 5.41) is 3.14. The molecule has 2 aromatic rings. The molecule has 0 aliphatic rings. The van der Waals surface area contributed by atoms with Crippen LogP contribution in [0.3, 0.4) is 0 Å². The molecule has 4 nitrogen and oxygen atoms in total. The molecule has 2 rings (SSSR count). The van der Waals surface area contributed by atoms with Gasteiger partial charge in [-0.25, -0.2) is 10.8 Å². The number of hydrogen-bond donors (Lipinski definition) is 3. The van der Waals surface area contributed by atoms with Crippen molar-refractivity contribution < 1.29 is 0 Å². The molecule has 0 atom stereocenters. The molecule has 2 aromatic carbocycles. The normalized spacial score (nSPS) is 11.2. The molecule has 0 aliphatic heterocycles. The number of rotatable bonds is 4. The molecule has 0 saturated heterocycles. The van der Waals surface area contributed by atoms with Gasteiger partial charge in [-0.15, -0.1) is 0 Å². The smallest absolute Gasteiger partial charge is 0.210 e. The van der Waals surface area contributed by atoms with E-state index in [0.717, 1.165) is 17.7 Å². The van der Waals surface area contributed by atoms with Crippen molar-refractivity contribution in [1.82, 2.24) is 5.43 Å². The first-order valence-corrected chi connectivity index (χ1v) is 6.72. The van der Waals surface area contributed by atoms with Gasteiger partial charge in [-0.3, -0.25) is 5.43 Å². The summed E-state index contributed by atoms with van der Waals surface area (Å²) in [6, 6.07) is 18.3. The van der Waals surface area contributed by atoms with Crippen LogP contribution >= 0.6 is 0 Å². The molecule has 0 spiro atoms. The van der Waals surface area contributed by atoms with E-state index in [0.29, 0.717) is 12.5 Å². The monoisotopic (exact) mass is 268 g/mol. The Kier molecular flexibility index (Phi) is 5.15. The number of benzene rings is 2. The van der Waals surface area contributed by atoms with E-state index < -0.39 is 0 Å². The number of aryl methyl sites for hydroxylation is 1. The summed E-state index contributed by atoms with van der Waals surface area (Å²) in [6.45, 7) is 2.73. The zero-order valence-corrected chi connectivity index (χ0v) is 11.6. The van der Waals surface area contributed by atoms with Crippen molar-refractivity contribution in [2.24, 2.45) is 10.8 Å². The first-order chi connectivity index (χ1) is 9.81. The predicted octanol–water partition coefficient (Wildman–Crippen LogP) is 2.68. The van der Waals surface area contributed by atoms with Gasteiger partial charge in [0.15, 0.2) is 0 Å². The third-order valence-corrected chi connectivity index (χ3v) is 3.02. The lowest BCUT2D eigenvalue weighted by Crippen LogP contribution is -2.36. The second kappa shape index (κ2) is 7.31. The fourth-order valence-corrected chi connectivity index (χ4v) is 1.83. The number of anilines is 1. The Morgan fingerprint density at radius 1 is 1.00 bits per heavy atom. The second-order valence-electron chi connectivity index (χ2n) is 4.47. The maximum absolute atomic E-state index is 5.49. The topological polar surface area (TPSA) is 62.4 Å². The van der Waals surface area contributed by atoms with Crippen molar-refractivity contribution in [2.45, 2.75) is 19.9 Å². The van der Waals surface area contributed by atoms with Gasteiger partial charge in [0.1, 0.15) is 0 Å². The van der Waals surface area contributed by atoms with Crippen LogP contribution in [0, 0.1) is 0 Å². The number of aliphatic imine (C=N–C) groups is 1. The van der Waals surface area contributed by atoms with E-state index >= 15 is 0 Å². The van der Waals surface area contributed by atoms with Crippen LogP contribution in [-0.2, 0) is 13.0 Å². The Balaban J connectivity index is 1.99. The van der Waals surface area contributed by atoms with Crippen LogP contribution in [0.5, 0.6) is 0 Å². The minimum Gasteiger partial charge on any atom is -0.325 e.